The molecule has 0 aromatic carbocycles. The molecule has 4 rings (SSSR count). The highest BCUT2D eigenvalue weighted by atomic mass is 79.9. The first-order valence-corrected chi connectivity index (χ1v) is 16.8. The molecule has 0 N–H and O–H groups in total. The van der Waals surface area contributed by atoms with Gasteiger partial charge >= 0.3 is 0 Å². The van der Waals surface area contributed by atoms with E-state index in [1.165, 1.54) is 64.2 Å². The van der Waals surface area contributed by atoms with Crippen molar-refractivity contribution in [1.29, 1.82) is 0 Å². The second kappa shape index (κ2) is 11.2. The Balaban J connectivity index is 1.43. The van der Waals surface area contributed by atoms with E-state index in [2.05, 4.69) is 70.5 Å². The van der Waals surface area contributed by atoms with Crippen molar-refractivity contribution < 1.29 is 4.79 Å². The first kappa shape index (κ1) is 28.3. The van der Waals surface area contributed by atoms with Gasteiger partial charge in [0, 0.05) is 5.25 Å². The molecule has 9 atom stereocenters. The van der Waals surface area contributed by atoms with Crippen LogP contribution in [0.2, 0.25) is 0 Å². The summed E-state index contributed by atoms with van der Waals surface area (Å²) in [5.74, 6) is 5.74. The van der Waals surface area contributed by atoms with E-state index in [1.807, 2.05) is 0 Å². The minimum absolute atomic E-state index is 0.00961. The van der Waals surface area contributed by atoms with Crippen molar-refractivity contribution in [3.05, 3.63) is 11.6 Å². The van der Waals surface area contributed by atoms with Crippen LogP contribution in [0.4, 0.5) is 0 Å². The number of carbonyl (C=O) groups is 1. The van der Waals surface area contributed by atoms with Crippen LogP contribution in [-0.2, 0) is 4.79 Å². The second-order valence-electron chi connectivity index (χ2n) is 14.2. The zero-order valence-corrected chi connectivity index (χ0v) is 26.1. The molecule has 200 valence electrons. The minimum atomic E-state index is -0.00961. The van der Waals surface area contributed by atoms with Crippen molar-refractivity contribution >= 4 is 32.8 Å². The Morgan fingerprint density at radius 2 is 1.77 bits per heavy atom. The molecular weight excluding hydrogens is 512 g/mol. The molecule has 0 saturated heterocycles. The summed E-state index contributed by atoms with van der Waals surface area (Å²) in [6, 6.07) is 0. The largest absolute Gasteiger partial charge is 0.286 e. The molecule has 4 aliphatic carbocycles. The molecule has 0 aliphatic heterocycles. The number of allylic oxidation sites excluding steroid dienone is 2. The highest BCUT2D eigenvalue weighted by Gasteiger charge is 2.59. The lowest BCUT2D eigenvalue weighted by Gasteiger charge is -2.58. The summed E-state index contributed by atoms with van der Waals surface area (Å²) in [5, 5.41) is 0.824. The molecule has 0 aromatic rings. The summed E-state index contributed by atoms with van der Waals surface area (Å²) in [5.41, 5.74) is 2.67. The summed E-state index contributed by atoms with van der Waals surface area (Å²) in [6.45, 7) is 16.9. The van der Waals surface area contributed by atoms with E-state index in [0.717, 1.165) is 41.9 Å². The minimum Gasteiger partial charge on any atom is -0.286 e. The molecule has 0 aromatic heterocycles. The van der Waals surface area contributed by atoms with Crippen molar-refractivity contribution in [3.63, 3.8) is 0 Å². The Morgan fingerprint density at radius 3 is 2.46 bits per heavy atom. The van der Waals surface area contributed by atoms with E-state index in [4.69, 9.17) is 0 Å². The molecule has 0 bridgehead atoms. The van der Waals surface area contributed by atoms with Crippen LogP contribution in [0, 0.1) is 52.3 Å². The average Bonchev–Trinajstić information content (AvgIpc) is 3.15. The van der Waals surface area contributed by atoms with Crippen LogP contribution in [0.25, 0.3) is 0 Å². The van der Waals surface area contributed by atoms with Gasteiger partial charge < -0.3 is 0 Å². The van der Waals surface area contributed by atoms with Crippen LogP contribution in [0.15, 0.2) is 11.6 Å². The molecule has 4 aliphatic rings. The SMILES string of the molecule is CC(C)CCC[C@H](C)[C@@H]1CC[C@@H]2[C@@H]3CC=C4C[C@@H](SC(=O)[C@H](Br)C(C)C)CC[C@]4(C)[C@@H]3CC[C@@]21C. The second-order valence-corrected chi connectivity index (χ2v) is 16.5. The van der Waals surface area contributed by atoms with Gasteiger partial charge in [0.05, 0.1) is 4.83 Å². The van der Waals surface area contributed by atoms with Gasteiger partial charge in [-0.15, -0.1) is 0 Å². The molecule has 0 spiro atoms. The summed E-state index contributed by atoms with van der Waals surface area (Å²) in [6.07, 6.45) is 17.7. The zero-order valence-electron chi connectivity index (χ0n) is 23.7. The van der Waals surface area contributed by atoms with Crippen LogP contribution in [0.3, 0.4) is 0 Å². The van der Waals surface area contributed by atoms with E-state index in [0.29, 0.717) is 27.1 Å². The molecule has 35 heavy (non-hydrogen) atoms. The Hall–Kier alpha value is 0.240. The fourth-order valence-electron chi connectivity index (χ4n) is 9.25. The van der Waals surface area contributed by atoms with Gasteiger partial charge in [-0.25, -0.2) is 0 Å². The van der Waals surface area contributed by atoms with Gasteiger partial charge in [0.25, 0.3) is 0 Å². The first-order valence-electron chi connectivity index (χ1n) is 15.0. The van der Waals surface area contributed by atoms with Crippen LogP contribution in [0.1, 0.15) is 119 Å². The maximum absolute atomic E-state index is 12.8. The maximum Gasteiger partial charge on any atom is 0.203 e. The smallest absolute Gasteiger partial charge is 0.203 e. The molecular formula is C32H53BrOS. The number of thioether (sulfide) groups is 1. The van der Waals surface area contributed by atoms with Crippen LogP contribution < -0.4 is 0 Å². The molecule has 0 unspecified atom stereocenters. The topological polar surface area (TPSA) is 17.1 Å². The van der Waals surface area contributed by atoms with E-state index in [-0.39, 0.29) is 4.83 Å². The van der Waals surface area contributed by atoms with Gasteiger partial charge in [0.15, 0.2) is 0 Å². The number of carbonyl (C=O) groups excluding carboxylic acids is 1. The fraction of sp³-hybridized carbons (Fsp3) is 0.906. The Morgan fingerprint density at radius 1 is 1.03 bits per heavy atom. The third kappa shape index (κ3) is 5.53. The van der Waals surface area contributed by atoms with Crippen LogP contribution in [0.5, 0.6) is 0 Å². The lowest BCUT2D eigenvalue weighted by molar-refractivity contribution is -0.111. The number of hydrogen-bond acceptors (Lipinski definition) is 2. The Kier molecular flexibility index (Phi) is 9.00. The van der Waals surface area contributed by atoms with Crippen molar-refractivity contribution in [2.24, 2.45) is 52.3 Å². The van der Waals surface area contributed by atoms with Crippen molar-refractivity contribution in [1.82, 2.24) is 0 Å². The van der Waals surface area contributed by atoms with Gasteiger partial charge in [-0.1, -0.05) is 107 Å². The van der Waals surface area contributed by atoms with E-state index < -0.39 is 0 Å². The Bertz CT molecular complexity index is 788. The predicted octanol–water partition coefficient (Wildman–Crippen LogP) is 10.1. The number of halogens is 1. The van der Waals surface area contributed by atoms with E-state index in [1.54, 1.807) is 17.3 Å². The third-order valence-corrected chi connectivity index (χ3v) is 14.4. The molecule has 0 amide bonds. The molecule has 3 saturated carbocycles. The first-order chi connectivity index (χ1) is 16.5. The Labute approximate surface area is 229 Å². The number of rotatable bonds is 8. The van der Waals surface area contributed by atoms with E-state index >= 15 is 0 Å². The summed E-state index contributed by atoms with van der Waals surface area (Å²) in [7, 11) is 0. The van der Waals surface area contributed by atoms with Gasteiger partial charge in [0.2, 0.25) is 5.12 Å². The third-order valence-electron chi connectivity index (χ3n) is 11.4. The van der Waals surface area contributed by atoms with Gasteiger partial charge in [-0.05, 0) is 104 Å². The van der Waals surface area contributed by atoms with Crippen molar-refractivity contribution in [2.75, 3.05) is 0 Å². The van der Waals surface area contributed by atoms with Crippen molar-refractivity contribution in [2.45, 2.75) is 129 Å². The summed E-state index contributed by atoms with van der Waals surface area (Å²) < 4.78 is 0. The highest BCUT2D eigenvalue weighted by molar-refractivity contribution is 9.10. The molecule has 3 fully saturated rings. The monoisotopic (exact) mass is 564 g/mol. The highest BCUT2D eigenvalue weighted by Crippen LogP contribution is 2.67. The molecule has 0 heterocycles. The van der Waals surface area contributed by atoms with Crippen LogP contribution in [-0.4, -0.2) is 15.2 Å². The van der Waals surface area contributed by atoms with Gasteiger partial charge in [-0.2, -0.15) is 0 Å². The molecule has 3 heteroatoms. The number of hydrogen-bond donors (Lipinski definition) is 0. The normalized spacial score (nSPS) is 40.6. The summed E-state index contributed by atoms with van der Waals surface area (Å²) in [4.78, 5) is 12.8. The fourth-order valence-corrected chi connectivity index (χ4v) is 10.8. The standard InChI is InChI=1S/C32H53BrOS/c1-20(2)9-8-10-22(5)26-13-14-27-25-12-11-23-19-24(35-30(34)29(33)21(3)4)15-17-31(23,6)28(25)16-18-32(26,27)7/h11,20-22,24-29H,8-10,12-19H2,1-7H3/t22-,24-,25-,26-,27+,28+,29+,31-,32+/m0/s1. The lowest BCUT2D eigenvalue weighted by Crippen LogP contribution is -2.50. The molecule has 1 nitrogen and oxygen atoms in total. The zero-order chi connectivity index (χ0) is 25.5. The van der Waals surface area contributed by atoms with E-state index in [9.17, 15) is 4.79 Å². The van der Waals surface area contributed by atoms with Crippen LogP contribution >= 0.6 is 27.7 Å². The number of alkyl halides is 1. The molecule has 0 radical (unpaired) electrons. The number of fused-ring (bicyclic) bond motifs is 5. The quantitative estimate of drug-likeness (QED) is 0.215. The van der Waals surface area contributed by atoms with Crippen molar-refractivity contribution in [3.8, 4) is 0 Å². The van der Waals surface area contributed by atoms with Gasteiger partial charge in [-0.3, -0.25) is 4.79 Å². The maximum atomic E-state index is 12.8. The van der Waals surface area contributed by atoms with Gasteiger partial charge in [0.1, 0.15) is 0 Å². The average molecular weight is 566 g/mol. The summed E-state index contributed by atoms with van der Waals surface area (Å²) >= 11 is 5.28. The predicted molar refractivity (Wildman–Crippen MR) is 157 cm³/mol. The lowest BCUT2D eigenvalue weighted by atomic mass is 9.47.